The molecule has 2 aromatic heterocycles. The van der Waals surface area contributed by atoms with Gasteiger partial charge in [0.25, 0.3) is 0 Å². The zero-order valence-electron chi connectivity index (χ0n) is 11.1. The maximum Gasteiger partial charge on any atom is 0.123 e. The molecule has 1 N–H and O–H groups in total. The van der Waals surface area contributed by atoms with Crippen LogP contribution in [0.3, 0.4) is 0 Å². The number of aryl methyl sites for hydroxylation is 1. The van der Waals surface area contributed by atoms with Crippen molar-refractivity contribution in [2.45, 2.75) is 26.0 Å². The van der Waals surface area contributed by atoms with Gasteiger partial charge in [-0.25, -0.2) is 4.39 Å². The Hall–Kier alpha value is -1.72. The molecule has 2 heterocycles. The van der Waals surface area contributed by atoms with Crippen molar-refractivity contribution in [1.29, 1.82) is 0 Å². The van der Waals surface area contributed by atoms with Crippen LogP contribution in [0.5, 0.6) is 0 Å². The molecule has 1 aromatic carbocycles. The number of halogens is 1. The molecule has 5 heteroatoms. The predicted octanol–water partition coefficient (Wildman–Crippen LogP) is 3.73. The number of hydrogen-bond acceptors (Lipinski definition) is 3. The van der Waals surface area contributed by atoms with E-state index in [2.05, 4.69) is 12.0 Å². The maximum absolute atomic E-state index is 13.2. The summed E-state index contributed by atoms with van der Waals surface area (Å²) in [5.41, 5.74) is 0.769. The molecule has 1 unspecified atom stereocenters. The fourth-order valence-corrected chi connectivity index (χ4v) is 3.27. The average Bonchev–Trinajstić information content (AvgIpc) is 3.04. The smallest absolute Gasteiger partial charge is 0.123 e. The van der Waals surface area contributed by atoms with Crippen LogP contribution in [0, 0.1) is 5.82 Å². The van der Waals surface area contributed by atoms with Crippen LogP contribution >= 0.6 is 11.3 Å². The van der Waals surface area contributed by atoms with Gasteiger partial charge < -0.3 is 5.11 Å². The van der Waals surface area contributed by atoms with Crippen molar-refractivity contribution in [3.05, 3.63) is 52.9 Å². The number of nitrogens with zero attached hydrogens (tertiary/aromatic N) is 2. The topological polar surface area (TPSA) is 38.0 Å². The second-order valence-corrected chi connectivity index (χ2v) is 5.89. The van der Waals surface area contributed by atoms with E-state index in [-0.39, 0.29) is 5.82 Å². The van der Waals surface area contributed by atoms with Crippen molar-refractivity contribution in [2.24, 2.45) is 0 Å². The molecule has 3 aromatic rings. The second-order valence-electron chi connectivity index (χ2n) is 4.77. The number of thiophene rings is 1. The lowest BCUT2D eigenvalue weighted by Gasteiger charge is -2.04. The van der Waals surface area contributed by atoms with Gasteiger partial charge in [0.2, 0.25) is 0 Å². The normalized spacial score (nSPS) is 12.9. The third kappa shape index (κ3) is 2.46. The van der Waals surface area contributed by atoms with Crippen molar-refractivity contribution in [3.8, 4) is 0 Å². The van der Waals surface area contributed by atoms with E-state index in [1.807, 2.05) is 16.9 Å². The van der Waals surface area contributed by atoms with Crippen molar-refractivity contribution < 1.29 is 9.50 Å². The van der Waals surface area contributed by atoms with Crippen LogP contribution in [0.1, 0.15) is 29.9 Å². The summed E-state index contributed by atoms with van der Waals surface area (Å²) in [5, 5.41) is 15.5. The van der Waals surface area contributed by atoms with Crippen LogP contribution in [0.4, 0.5) is 4.39 Å². The Morgan fingerprint density at radius 1 is 1.40 bits per heavy atom. The SMILES string of the molecule is CCCn1cc(C(O)c2cc3cc(F)ccc3s2)cn1. The van der Waals surface area contributed by atoms with E-state index in [0.29, 0.717) is 0 Å². The largest absolute Gasteiger partial charge is 0.383 e. The third-order valence-electron chi connectivity index (χ3n) is 3.19. The Bertz CT molecular complexity index is 734. The minimum absolute atomic E-state index is 0.257. The van der Waals surface area contributed by atoms with Crippen LogP contribution in [0.2, 0.25) is 0 Å². The first-order chi connectivity index (χ1) is 9.67. The molecular weight excluding hydrogens is 275 g/mol. The summed E-state index contributed by atoms with van der Waals surface area (Å²) in [6, 6.07) is 6.51. The summed E-state index contributed by atoms with van der Waals surface area (Å²) in [6.45, 7) is 2.92. The van der Waals surface area contributed by atoms with Crippen LogP contribution in [-0.4, -0.2) is 14.9 Å². The quantitative estimate of drug-likeness (QED) is 0.795. The van der Waals surface area contributed by atoms with Gasteiger partial charge in [-0.2, -0.15) is 5.10 Å². The minimum Gasteiger partial charge on any atom is -0.383 e. The number of aliphatic hydroxyl groups is 1. The maximum atomic E-state index is 13.2. The molecule has 0 fully saturated rings. The van der Waals surface area contributed by atoms with E-state index in [9.17, 15) is 9.50 Å². The van der Waals surface area contributed by atoms with Gasteiger partial charge >= 0.3 is 0 Å². The molecule has 104 valence electrons. The summed E-state index contributed by atoms with van der Waals surface area (Å²) in [7, 11) is 0. The van der Waals surface area contributed by atoms with Crippen molar-refractivity contribution in [3.63, 3.8) is 0 Å². The monoisotopic (exact) mass is 290 g/mol. The third-order valence-corrected chi connectivity index (χ3v) is 4.36. The Kier molecular flexibility index (Phi) is 3.54. The lowest BCUT2D eigenvalue weighted by molar-refractivity contribution is 0.224. The fraction of sp³-hybridized carbons (Fsp3) is 0.267. The van der Waals surface area contributed by atoms with E-state index >= 15 is 0 Å². The Labute approximate surface area is 120 Å². The van der Waals surface area contributed by atoms with Gasteiger partial charge in [-0.3, -0.25) is 4.68 Å². The molecule has 0 aliphatic carbocycles. The standard InChI is InChI=1S/C15H15FN2OS/c1-2-5-18-9-11(8-17-18)15(19)14-7-10-6-12(16)3-4-13(10)20-14/h3-4,6-9,15,19H,2,5H2,1H3. The fourth-order valence-electron chi connectivity index (χ4n) is 2.21. The number of hydrogen-bond donors (Lipinski definition) is 1. The molecule has 0 saturated heterocycles. The first-order valence-electron chi connectivity index (χ1n) is 6.57. The highest BCUT2D eigenvalue weighted by Gasteiger charge is 2.15. The van der Waals surface area contributed by atoms with Gasteiger partial charge in [0.15, 0.2) is 0 Å². The summed E-state index contributed by atoms with van der Waals surface area (Å²) < 4.78 is 16.0. The van der Waals surface area contributed by atoms with Gasteiger partial charge in [-0.15, -0.1) is 11.3 Å². The number of benzene rings is 1. The lowest BCUT2D eigenvalue weighted by Crippen LogP contribution is -1.97. The molecule has 0 amide bonds. The van der Waals surface area contributed by atoms with E-state index in [0.717, 1.165) is 33.5 Å². The number of aromatic nitrogens is 2. The van der Waals surface area contributed by atoms with Crippen LogP contribution in [0.25, 0.3) is 10.1 Å². The van der Waals surface area contributed by atoms with E-state index in [4.69, 9.17) is 0 Å². The molecule has 0 bridgehead atoms. The van der Waals surface area contributed by atoms with Crippen molar-refractivity contribution in [1.82, 2.24) is 9.78 Å². The first-order valence-corrected chi connectivity index (χ1v) is 7.38. The highest BCUT2D eigenvalue weighted by Crippen LogP contribution is 2.33. The Morgan fingerprint density at radius 3 is 3.05 bits per heavy atom. The van der Waals surface area contributed by atoms with Gasteiger partial charge in [-0.1, -0.05) is 6.92 Å². The zero-order chi connectivity index (χ0) is 14.1. The van der Waals surface area contributed by atoms with Gasteiger partial charge in [0.1, 0.15) is 11.9 Å². The van der Waals surface area contributed by atoms with Crippen LogP contribution in [-0.2, 0) is 6.54 Å². The number of fused-ring (bicyclic) bond motifs is 1. The molecule has 3 nitrogen and oxygen atoms in total. The molecule has 0 aliphatic heterocycles. The van der Waals surface area contributed by atoms with E-state index in [1.165, 1.54) is 23.5 Å². The number of rotatable bonds is 4. The molecule has 0 radical (unpaired) electrons. The number of aliphatic hydroxyl groups excluding tert-OH is 1. The lowest BCUT2D eigenvalue weighted by atomic mass is 10.1. The summed E-state index contributed by atoms with van der Waals surface area (Å²) in [5.74, 6) is -0.257. The van der Waals surface area contributed by atoms with Gasteiger partial charge in [0.05, 0.1) is 6.20 Å². The van der Waals surface area contributed by atoms with Gasteiger partial charge in [-0.05, 0) is 36.1 Å². The van der Waals surface area contributed by atoms with Crippen molar-refractivity contribution in [2.75, 3.05) is 0 Å². The van der Waals surface area contributed by atoms with E-state index in [1.54, 1.807) is 12.3 Å². The average molecular weight is 290 g/mol. The molecule has 20 heavy (non-hydrogen) atoms. The zero-order valence-corrected chi connectivity index (χ0v) is 11.9. The predicted molar refractivity (Wildman–Crippen MR) is 78.4 cm³/mol. The highest BCUT2D eigenvalue weighted by molar-refractivity contribution is 7.19. The molecule has 0 aliphatic rings. The Morgan fingerprint density at radius 2 is 2.25 bits per heavy atom. The molecule has 0 spiro atoms. The van der Waals surface area contributed by atoms with E-state index < -0.39 is 6.10 Å². The Balaban J connectivity index is 1.92. The summed E-state index contributed by atoms with van der Waals surface area (Å²) >= 11 is 1.48. The van der Waals surface area contributed by atoms with Gasteiger partial charge in [0, 0.05) is 27.9 Å². The van der Waals surface area contributed by atoms with Crippen molar-refractivity contribution >= 4 is 21.4 Å². The van der Waals surface area contributed by atoms with Crippen LogP contribution < -0.4 is 0 Å². The first kappa shape index (κ1) is 13.3. The summed E-state index contributed by atoms with van der Waals surface area (Å²) in [6.07, 6.45) is 3.84. The molecule has 3 rings (SSSR count). The summed E-state index contributed by atoms with van der Waals surface area (Å²) in [4.78, 5) is 0.807. The molecule has 1 atom stereocenters. The minimum atomic E-state index is -0.707. The second kappa shape index (κ2) is 5.34. The molecular formula is C15H15FN2OS. The van der Waals surface area contributed by atoms with Crippen LogP contribution in [0.15, 0.2) is 36.7 Å². The molecule has 0 saturated carbocycles. The highest BCUT2D eigenvalue weighted by atomic mass is 32.1.